The second-order valence-corrected chi connectivity index (χ2v) is 14.4. The number of hydrogen-bond donors (Lipinski definition) is 1. The van der Waals surface area contributed by atoms with Crippen LogP contribution in [0.15, 0.2) is 12.1 Å². The molecular formula is C29H38O14Si. The number of carbonyl (C=O) groups is 2. The van der Waals surface area contributed by atoms with Gasteiger partial charge in [0.15, 0.2) is 23.0 Å². The Kier molecular flexibility index (Phi) is 11.2. The van der Waals surface area contributed by atoms with E-state index < -0.39 is 20.3 Å². The van der Waals surface area contributed by atoms with Gasteiger partial charge < -0.3 is 56.9 Å². The zero-order valence-corrected chi connectivity index (χ0v) is 26.6. The average Bonchev–Trinajstić information content (AvgIpc) is 3.73. The predicted octanol–water partition coefficient (Wildman–Crippen LogP) is 2.76. The smallest absolute Gasteiger partial charge is 0.338 e. The van der Waals surface area contributed by atoms with Crippen LogP contribution < -0.4 is 28.4 Å². The van der Waals surface area contributed by atoms with Gasteiger partial charge in [-0.15, -0.1) is 0 Å². The average molecular weight is 639 g/mol. The monoisotopic (exact) mass is 638 g/mol. The van der Waals surface area contributed by atoms with Gasteiger partial charge in [-0.2, -0.15) is 0 Å². The number of ether oxygens (including phenoxy) is 10. The summed E-state index contributed by atoms with van der Waals surface area (Å²) >= 11 is 0. The minimum absolute atomic E-state index is 0.0550. The molecule has 0 bridgehead atoms. The molecule has 2 heterocycles. The summed E-state index contributed by atoms with van der Waals surface area (Å²) < 4.78 is 61.2. The summed E-state index contributed by atoms with van der Waals surface area (Å²) in [5.74, 6) is 0.375. The molecule has 0 fully saturated rings. The lowest BCUT2D eigenvalue weighted by molar-refractivity contribution is -0.150. The van der Waals surface area contributed by atoms with Crippen LogP contribution in [0.5, 0.6) is 34.5 Å². The van der Waals surface area contributed by atoms with Crippen LogP contribution in [0.1, 0.15) is 29.8 Å². The van der Waals surface area contributed by atoms with Gasteiger partial charge in [0.2, 0.25) is 33.4 Å². The van der Waals surface area contributed by atoms with Crippen LogP contribution in [0.2, 0.25) is 5.54 Å². The number of fused-ring (bicyclic) bond motifs is 2. The van der Waals surface area contributed by atoms with Crippen LogP contribution in [0.3, 0.4) is 0 Å². The molecule has 1 atom stereocenters. The number of carbonyl (C=O) groups excluding carboxylic acids is 2. The number of methoxy groups -OCH3 is 3. The van der Waals surface area contributed by atoms with E-state index in [2.05, 4.69) is 0 Å². The highest BCUT2D eigenvalue weighted by Gasteiger charge is 2.38. The molecule has 0 saturated heterocycles. The fourth-order valence-corrected chi connectivity index (χ4v) is 6.81. The first-order chi connectivity index (χ1) is 21.2. The van der Waals surface area contributed by atoms with Crippen molar-refractivity contribution in [3.8, 4) is 45.6 Å². The summed E-state index contributed by atoms with van der Waals surface area (Å²) in [6, 6.07) is 3.11. The van der Waals surface area contributed by atoms with Crippen molar-refractivity contribution in [3.05, 3.63) is 23.3 Å². The van der Waals surface area contributed by atoms with Gasteiger partial charge in [0.25, 0.3) is 0 Å². The Bertz CT molecular complexity index is 1340. The van der Waals surface area contributed by atoms with Crippen LogP contribution >= 0.6 is 0 Å². The molecular weight excluding hydrogens is 600 g/mol. The quantitative estimate of drug-likeness (QED) is 0.163. The van der Waals surface area contributed by atoms with Crippen molar-refractivity contribution in [2.45, 2.75) is 26.0 Å². The maximum atomic E-state index is 13.0. The number of rotatable bonds is 16. The second-order valence-electron chi connectivity index (χ2n) is 10.1. The van der Waals surface area contributed by atoms with E-state index in [4.69, 9.17) is 51.8 Å². The van der Waals surface area contributed by atoms with E-state index in [1.165, 1.54) is 27.4 Å². The topological polar surface area (TPSA) is 156 Å². The van der Waals surface area contributed by atoms with Crippen molar-refractivity contribution >= 4 is 20.3 Å². The second kappa shape index (κ2) is 14.8. The molecule has 0 spiro atoms. The number of benzene rings is 2. The van der Waals surface area contributed by atoms with Crippen LogP contribution in [0.4, 0.5) is 0 Å². The summed E-state index contributed by atoms with van der Waals surface area (Å²) in [7, 11) is 3.31. The molecule has 0 aromatic heterocycles. The summed E-state index contributed by atoms with van der Waals surface area (Å²) in [6.45, 7) is 3.52. The standard InChI is InChI=1S/C29H38O14Si/c1-17(2)44(13-30,36-6)16-38-8-7-37-12-22(31)39-11-18-9-20(33-3)25-27(42-14-40-25)23(18)24-19(29(32)35-5)10-21(34-4)26-28(24)43-15-41-26/h9-10,17,30H,7-8,11-16H2,1-6H3. The van der Waals surface area contributed by atoms with Gasteiger partial charge in [-0.1, -0.05) is 13.8 Å². The third-order valence-corrected chi connectivity index (χ3v) is 11.6. The number of aliphatic hydroxyl groups is 1. The number of esters is 2. The lowest BCUT2D eigenvalue weighted by atomic mass is 9.92. The third-order valence-electron chi connectivity index (χ3n) is 7.45. The largest absolute Gasteiger partial charge is 0.493 e. The van der Waals surface area contributed by atoms with Gasteiger partial charge in [0, 0.05) is 23.8 Å². The zero-order valence-electron chi connectivity index (χ0n) is 25.6. The van der Waals surface area contributed by atoms with Gasteiger partial charge in [0.05, 0.1) is 52.6 Å². The Morgan fingerprint density at radius 1 is 0.864 bits per heavy atom. The minimum Gasteiger partial charge on any atom is -0.493 e. The summed E-state index contributed by atoms with van der Waals surface area (Å²) in [5, 5.41) is 9.78. The van der Waals surface area contributed by atoms with E-state index in [1.54, 1.807) is 13.2 Å². The van der Waals surface area contributed by atoms with E-state index >= 15 is 0 Å². The first-order valence-corrected chi connectivity index (χ1v) is 16.2. The Balaban J connectivity index is 1.54. The Labute approximate surface area is 256 Å². The van der Waals surface area contributed by atoms with E-state index in [1.807, 2.05) is 13.8 Å². The van der Waals surface area contributed by atoms with E-state index in [0.29, 0.717) is 28.9 Å². The Hall–Kier alpha value is -3.76. The zero-order chi connectivity index (χ0) is 31.9. The third kappa shape index (κ3) is 6.66. The summed E-state index contributed by atoms with van der Waals surface area (Å²) in [6.07, 6.45) is 0.248. The SMILES string of the molecule is COC(=O)c1cc(OC)c2c(c1-c1c(COC(=O)COCCOC[Si](CO)(OC)C(C)C)cc(OC)c3c1OCO3)OCO2. The van der Waals surface area contributed by atoms with E-state index in [9.17, 15) is 14.7 Å². The maximum Gasteiger partial charge on any atom is 0.338 e. The lowest BCUT2D eigenvalue weighted by Gasteiger charge is -2.31. The molecule has 0 saturated carbocycles. The van der Waals surface area contributed by atoms with Gasteiger partial charge in [-0.05, 0) is 17.7 Å². The highest BCUT2D eigenvalue weighted by molar-refractivity contribution is 6.74. The molecule has 15 heteroatoms. The molecule has 2 aromatic rings. The van der Waals surface area contributed by atoms with Gasteiger partial charge >= 0.3 is 11.9 Å². The fraction of sp³-hybridized carbons (Fsp3) is 0.517. The first kappa shape index (κ1) is 33.1. The van der Waals surface area contributed by atoms with Crippen molar-refractivity contribution in [2.24, 2.45) is 0 Å². The molecule has 1 N–H and O–H groups in total. The molecule has 0 radical (unpaired) electrons. The molecule has 1 unspecified atom stereocenters. The molecule has 242 valence electrons. The minimum atomic E-state index is -2.42. The number of aliphatic hydroxyl groups excluding tert-OH is 1. The Morgan fingerprint density at radius 3 is 2.02 bits per heavy atom. The molecule has 2 aromatic carbocycles. The van der Waals surface area contributed by atoms with Gasteiger partial charge in [0.1, 0.15) is 13.2 Å². The van der Waals surface area contributed by atoms with Gasteiger partial charge in [-0.25, -0.2) is 9.59 Å². The molecule has 2 aliphatic heterocycles. The molecule has 44 heavy (non-hydrogen) atoms. The predicted molar refractivity (Wildman–Crippen MR) is 155 cm³/mol. The summed E-state index contributed by atoms with van der Waals surface area (Å²) in [5.41, 5.74) is 1.34. The van der Waals surface area contributed by atoms with Crippen LogP contribution in [0, 0.1) is 0 Å². The van der Waals surface area contributed by atoms with Crippen molar-refractivity contribution in [2.75, 3.05) is 74.3 Å². The molecule has 2 aliphatic rings. The maximum absolute atomic E-state index is 13.0. The van der Waals surface area contributed by atoms with Crippen molar-refractivity contribution in [1.82, 2.24) is 0 Å². The fourth-order valence-electron chi connectivity index (χ4n) is 4.81. The number of hydrogen-bond acceptors (Lipinski definition) is 14. The normalized spacial score (nSPS) is 14.4. The van der Waals surface area contributed by atoms with Crippen molar-refractivity contribution in [1.29, 1.82) is 0 Å². The van der Waals surface area contributed by atoms with Crippen LogP contribution in [-0.4, -0.2) is 99.7 Å². The Morgan fingerprint density at radius 2 is 1.45 bits per heavy atom. The highest BCUT2D eigenvalue weighted by atomic mass is 28.4. The molecule has 14 nitrogen and oxygen atoms in total. The molecule has 0 aliphatic carbocycles. The lowest BCUT2D eigenvalue weighted by Crippen LogP contribution is -2.50. The summed E-state index contributed by atoms with van der Waals surface area (Å²) in [4.78, 5) is 25.7. The first-order valence-electron chi connectivity index (χ1n) is 13.8. The molecule has 0 amide bonds. The van der Waals surface area contributed by atoms with Crippen LogP contribution in [0.25, 0.3) is 11.1 Å². The van der Waals surface area contributed by atoms with Crippen molar-refractivity contribution < 1.29 is 66.5 Å². The van der Waals surface area contributed by atoms with Crippen LogP contribution in [-0.2, 0) is 34.8 Å². The highest BCUT2D eigenvalue weighted by Crippen LogP contribution is 2.56. The van der Waals surface area contributed by atoms with Gasteiger partial charge in [-0.3, -0.25) is 0 Å². The van der Waals surface area contributed by atoms with E-state index in [0.717, 1.165) is 0 Å². The molecule has 4 rings (SSSR count). The van der Waals surface area contributed by atoms with E-state index in [-0.39, 0.29) is 85.9 Å². The van der Waals surface area contributed by atoms with Crippen molar-refractivity contribution in [3.63, 3.8) is 0 Å².